The van der Waals surface area contributed by atoms with Crippen molar-refractivity contribution < 1.29 is 4.92 Å². The molecular formula is C18H15N5O2S. The van der Waals surface area contributed by atoms with Crippen molar-refractivity contribution in [2.24, 2.45) is 0 Å². The molecule has 26 heavy (non-hydrogen) atoms. The minimum atomic E-state index is -0.382. The molecule has 4 rings (SSSR count). The van der Waals surface area contributed by atoms with Crippen molar-refractivity contribution in [3.8, 4) is 16.1 Å². The summed E-state index contributed by atoms with van der Waals surface area (Å²) in [4.78, 5) is 16.8. The zero-order valence-corrected chi connectivity index (χ0v) is 14.9. The zero-order valence-electron chi connectivity index (χ0n) is 14.1. The lowest BCUT2D eigenvalue weighted by Crippen LogP contribution is -2.04. The maximum atomic E-state index is 11.8. The Bertz CT molecular complexity index is 1100. The number of fused-ring (bicyclic) bond motifs is 1. The first kappa shape index (κ1) is 16.2. The Morgan fingerprint density at radius 1 is 1.19 bits per heavy atom. The van der Waals surface area contributed by atoms with Crippen LogP contribution in [0.4, 0.5) is 11.5 Å². The van der Waals surface area contributed by atoms with Gasteiger partial charge < -0.3 is 5.32 Å². The SMILES string of the molecule is CNc1nc2c(c(C)nn2-c2ccccc2)c(-c2cccs2)c1[N+](=O)[O-]. The quantitative estimate of drug-likeness (QED) is 0.428. The number of nitrogens with one attached hydrogen (secondary N) is 1. The molecule has 0 saturated heterocycles. The van der Waals surface area contributed by atoms with Crippen molar-refractivity contribution in [3.05, 3.63) is 63.7 Å². The monoisotopic (exact) mass is 365 g/mol. The Kier molecular flexibility index (Phi) is 3.89. The van der Waals surface area contributed by atoms with Crippen LogP contribution in [-0.4, -0.2) is 26.7 Å². The van der Waals surface area contributed by atoms with E-state index in [1.807, 2.05) is 54.8 Å². The van der Waals surface area contributed by atoms with Gasteiger partial charge in [0.05, 0.1) is 27.3 Å². The Morgan fingerprint density at radius 3 is 2.58 bits per heavy atom. The Hall–Kier alpha value is -3.26. The number of thiophene rings is 1. The number of anilines is 1. The second kappa shape index (κ2) is 6.23. The van der Waals surface area contributed by atoms with E-state index in [1.54, 1.807) is 11.7 Å². The van der Waals surface area contributed by atoms with Gasteiger partial charge in [-0.1, -0.05) is 24.3 Å². The number of hydrogen-bond donors (Lipinski definition) is 1. The first-order valence-corrected chi connectivity index (χ1v) is 8.84. The van der Waals surface area contributed by atoms with E-state index in [9.17, 15) is 10.1 Å². The summed E-state index contributed by atoms with van der Waals surface area (Å²) >= 11 is 1.46. The van der Waals surface area contributed by atoms with Gasteiger partial charge in [-0.15, -0.1) is 11.3 Å². The van der Waals surface area contributed by atoms with Gasteiger partial charge in [-0.2, -0.15) is 5.10 Å². The van der Waals surface area contributed by atoms with Gasteiger partial charge in [0, 0.05) is 11.9 Å². The van der Waals surface area contributed by atoms with Crippen LogP contribution < -0.4 is 5.32 Å². The van der Waals surface area contributed by atoms with E-state index in [0.29, 0.717) is 22.3 Å². The lowest BCUT2D eigenvalue weighted by atomic mass is 10.1. The maximum Gasteiger partial charge on any atom is 0.320 e. The van der Waals surface area contributed by atoms with E-state index >= 15 is 0 Å². The molecule has 0 bridgehead atoms. The van der Waals surface area contributed by atoms with Gasteiger partial charge in [0.15, 0.2) is 5.65 Å². The Balaban J connectivity index is 2.17. The van der Waals surface area contributed by atoms with Crippen LogP contribution in [0.2, 0.25) is 0 Å². The van der Waals surface area contributed by atoms with Crippen molar-refractivity contribution in [2.75, 3.05) is 12.4 Å². The average Bonchev–Trinajstić information content (AvgIpc) is 3.29. The van der Waals surface area contributed by atoms with E-state index in [0.717, 1.165) is 10.6 Å². The number of nitrogens with zero attached hydrogens (tertiary/aromatic N) is 4. The van der Waals surface area contributed by atoms with Gasteiger partial charge in [0.25, 0.3) is 0 Å². The predicted molar refractivity (Wildman–Crippen MR) is 103 cm³/mol. The van der Waals surface area contributed by atoms with Crippen molar-refractivity contribution in [1.29, 1.82) is 0 Å². The first-order chi connectivity index (χ1) is 12.6. The van der Waals surface area contributed by atoms with Gasteiger partial charge in [0.2, 0.25) is 5.82 Å². The normalized spacial score (nSPS) is 11.0. The van der Waals surface area contributed by atoms with E-state index < -0.39 is 0 Å². The molecule has 0 saturated carbocycles. The standard InChI is InChI=1S/C18H15N5O2S/c1-11-14-15(13-9-6-10-26-13)16(23(24)25)17(19-2)20-18(14)22(21-11)12-7-4-3-5-8-12/h3-10H,1-2H3,(H,19,20). The number of pyridine rings is 1. The number of benzene rings is 1. The molecule has 1 aromatic carbocycles. The fraction of sp³-hybridized carbons (Fsp3) is 0.111. The molecule has 7 nitrogen and oxygen atoms in total. The molecular weight excluding hydrogens is 350 g/mol. The van der Waals surface area contributed by atoms with Gasteiger partial charge in [-0.25, -0.2) is 9.67 Å². The van der Waals surface area contributed by atoms with Crippen LogP contribution in [0.25, 0.3) is 27.2 Å². The van der Waals surface area contributed by atoms with Crippen LogP contribution in [0.3, 0.4) is 0 Å². The fourth-order valence-electron chi connectivity index (χ4n) is 3.07. The highest BCUT2D eigenvalue weighted by molar-refractivity contribution is 7.13. The molecule has 0 radical (unpaired) electrons. The number of para-hydroxylation sites is 1. The number of aryl methyl sites for hydroxylation is 1. The number of nitro groups is 1. The van der Waals surface area contributed by atoms with Gasteiger partial charge in [-0.3, -0.25) is 10.1 Å². The van der Waals surface area contributed by atoms with Crippen LogP contribution in [0, 0.1) is 17.0 Å². The summed E-state index contributed by atoms with van der Waals surface area (Å²) in [7, 11) is 1.63. The maximum absolute atomic E-state index is 11.8. The number of rotatable bonds is 4. The molecule has 4 aromatic rings. The topological polar surface area (TPSA) is 85.9 Å². The van der Waals surface area contributed by atoms with Crippen LogP contribution in [-0.2, 0) is 0 Å². The molecule has 0 unspecified atom stereocenters. The highest BCUT2D eigenvalue weighted by Crippen LogP contribution is 2.43. The Morgan fingerprint density at radius 2 is 1.96 bits per heavy atom. The number of aromatic nitrogens is 3. The van der Waals surface area contributed by atoms with Crippen LogP contribution >= 0.6 is 11.3 Å². The molecule has 0 spiro atoms. The van der Waals surface area contributed by atoms with Crippen molar-refractivity contribution >= 4 is 33.9 Å². The van der Waals surface area contributed by atoms with Crippen molar-refractivity contribution in [1.82, 2.24) is 14.8 Å². The number of hydrogen-bond acceptors (Lipinski definition) is 6. The summed E-state index contributed by atoms with van der Waals surface area (Å²) in [6.07, 6.45) is 0. The average molecular weight is 365 g/mol. The van der Waals surface area contributed by atoms with Gasteiger partial charge in [0.1, 0.15) is 0 Å². The summed E-state index contributed by atoms with van der Waals surface area (Å²) in [5.41, 5.74) is 2.67. The predicted octanol–water partition coefficient (Wildman–Crippen LogP) is 4.41. The lowest BCUT2D eigenvalue weighted by molar-refractivity contribution is -0.383. The molecule has 3 heterocycles. The van der Waals surface area contributed by atoms with E-state index in [2.05, 4.69) is 15.4 Å². The molecule has 0 aliphatic rings. The second-order valence-electron chi connectivity index (χ2n) is 5.70. The van der Waals surface area contributed by atoms with Crippen LogP contribution in [0.15, 0.2) is 47.8 Å². The molecule has 0 aliphatic carbocycles. The van der Waals surface area contributed by atoms with Gasteiger partial charge >= 0.3 is 5.69 Å². The van der Waals surface area contributed by atoms with Gasteiger partial charge in [-0.05, 0) is 30.5 Å². The fourth-order valence-corrected chi connectivity index (χ4v) is 3.85. The summed E-state index contributed by atoms with van der Waals surface area (Å²) in [6.45, 7) is 1.85. The third-order valence-corrected chi connectivity index (χ3v) is 5.04. The summed E-state index contributed by atoms with van der Waals surface area (Å²) in [5, 5.41) is 21.9. The molecule has 0 aliphatic heterocycles. The molecule has 0 amide bonds. The molecule has 0 fully saturated rings. The van der Waals surface area contributed by atoms with Crippen molar-refractivity contribution in [2.45, 2.75) is 6.92 Å². The first-order valence-electron chi connectivity index (χ1n) is 7.96. The molecule has 8 heteroatoms. The summed E-state index contributed by atoms with van der Waals surface area (Å²) in [6, 6.07) is 13.4. The third kappa shape index (κ3) is 2.42. The highest BCUT2D eigenvalue weighted by Gasteiger charge is 2.29. The van der Waals surface area contributed by atoms with Crippen LogP contribution in [0.5, 0.6) is 0 Å². The molecule has 130 valence electrons. The van der Waals surface area contributed by atoms with E-state index in [1.165, 1.54) is 11.3 Å². The van der Waals surface area contributed by atoms with E-state index in [-0.39, 0.29) is 16.4 Å². The molecule has 1 N–H and O–H groups in total. The Labute approximate surface area is 153 Å². The lowest BCUT2D eigenvalue weighted by Gasteiger charge is -2.09. The van der Waals surface area contributed by atoms with E-state index in [4.69, 9.17) is 0 Å². The minimum Gasteiger partial charge on any atom is -0.367 e. The highest BCUT2D eigenvalue weighted by atomic mass is 32.1. The molecule has 3 aromatic heterocycles. The summed E-state index contributed by atoms with van der Waals surface area (Å²) < 4.78 is 1.73. The third-order valence-electron chi connectivity index (χ3n) is 4.15. The molecule has 0 atom stereocenters. The smallest absolute Gasteiger partial charge is 0.320 e. The van der Waals surface area contributed by atoms with Crippen molar-refractivity contribution in [3.63, 3.8) is 0 Å². The second-order valence-corrected chi connectivity index (χ2v) is 6.65. The van der Waals surface area contributed by atoms with Crippen LogP contribution in [0.1, 0.15) is 5.69 Å². The minimum absolute atomic E-state index is 0.0295. The largest absolute Gasteiger partial charge is 0.367 e. The zero-order chi connectivity index (χ0) is 18.3. The summed E-state index contributed by atoms with van der Waals surface area (Å²) in [5.74, 6) is 0.225.